The maximum atomic E-state index is 11.0. The minimum atomic E-state index is -0.435. The molecule has 28 heavy (non-hydrogen) atoms. The SMILES string of the molecule is CC.CC1=CC=CCC=C1.Cc1cnn2cc(-c3csc(C(=O)Cl)c3)cnc12. The van der Waals surface area contributed by atoms with Crippen LogP contribution in [-0.4, -0.2) is 19.8 Å². The van der Waals surface area contributed by atoms with Gasteiger partial charge in [-0.1, -0.05) is 49.8 Å². The third-order valence-corrected chi connectivity index (χ3v) is 5.05. The molecular formula is C22H24ClN3OS. The van der Waals surface area contributed by atoms with Crippen molar-refractivity contribution in [3.63, 3.8) is 0 Å². The molecule has 0 N–H and O–H groups in total. The normalized spacial score (nSPS) is 12.4. The van der Waals surface area contributed by atoms with Crippen molar-refractivity contribution in [2.45, 2.75) is 34.1 Å². The number of hydrogen-bond acceptors (Lipinski definition) is 4. The molecule has 0 aliphatic heterocycles. The summed E-state index contributed by atoms with van der Waals surface area (Å²) in [6.07, 6.45) is 17.2. The lowest BCUT2D eigenvalue weighted by Gasteiger charge is -1.98. The molecule has 1 aliphatic carbocycles. The first-order valence-electron chi connectivity index (χ1n) is 9.13. The van der Waals surface area contributed by atoms with Gasteiger partial charge in [-0.2, -0.15) is 5.10 Å². The summed E-state index contributed by atoms with van der Waals surface area (Å²) in [4.78, 5) is 15.9. The smallest absolute Gasteiger partial charge is 0.262 e. The zero-order chi connectivity index (χ0) is 20.5. The Morgan fingerprint density at radius 2 is 1.96 bits per heavy atom. The van der Waals surface area contributed by atoms with Gasteiger partial charge >= 0.3 is 0 Å². The average Bonchev–Trinajstić information content (AvgIpc) is 3.27. The number of aromatic nitrogens is 3. The van der Waals surface area contributed by atoms with E-state index in [1.807, 2.05) is 32.3 Å². The van der Waals surface area contributed by atoms with Crippen LogP contribution in [0.2, 0.25) is 0 Å². The molecule has 4 rings (SSSR count). The minimum absolute atomic E-state index is 0.435. The first-order chi connectivity index (χ1) is 13.5. The number of carbonyl (C=O) groups is 1. The molecule has 1 aliphatic rings. The Morgan fingerprint density at radius 1 is 1.18 bits per heavy atom. The van der Waals surface area contributed by atoms with E-state index in [1.165, 1.54) is 16.9 Å². The van der Waals surface area contributed by atoms with E-state index in [1.54, 1.807) is 23.0 Å². The van der Waals surface area contributed by atoms with E-state index < -0.39 is 5.24 Å². The van der Waals surface area contributed by atoms with Gasteiger partial charge in [-0.15, -0.1) is 11.3 Å². The highest BCUT2D eigenvalue weighted by atomic mass is 35.5. The van der Waals surface area contributed by atoms with E-state index in [-0.39, 0.29) is 0 Å². The Bertz CT molecular complexity index is 1030. The zero-order valence-corrected chi connectivity index (χ0v) is 18.1. The standard InChI is InChI=1S/C12H8ClN3OS.C8H10.C2H6/c1-7-3-15-16-5-9(4-14-12(7)16)8-2-10(11(13)17)18-6-8;1-8-6-4-2-3-5-7-8;1-2/h2-6H,1H3;2,4-7H,3H2,1H3;1-2H3. The van der Waals surface area contributed by atoms with Crippen LogP contribution in [0.25, 0.3) is 16.8 Å². The maximum absolute atomic E-state index is 11.0. The van der Waals surface area contributed by atoms with Gasteiger partial charge in [0.1, 0.15) is 0 Å². The first-order valence-corrected chi connectivity index (χ1v) is 10.4. The van der Waals surface area contributed by atoms with E-state index >= 15 is 0 Å². The lowest BCUT2D eigenvalue weighted by Crippen LogP contribution is -1.91. The number of nitrogens with zero attached hydrogens (tertiary/aromatic N) is 3. The summed E-state index contributed by atoms with van der Waals surface area (Å²) in [6, 6.07) is 1.76. The van der Waals surface area contributed by atoms with Gasteiger partial charge in [0.2, 0.25) is 0 Å². The summed E-state index contributed by atoms with van der Waals surface area (Å²) in [7, 11) is 0. The second kappa shape index (κ2) is 10.7. The van der Waals surface area contributed by atoms with Crippen LogP contribution >= 0.6 is 22.9 Å². The van der Waals surface area contributed by atoms with E-state index in [9.17, 15) is 4.79 Å². The summed E-state index contributed by atoms with van der Waals surface area (Å²) in [5.41, 5.74) is 5.03. The molecule has 0 aromatic carbocycles. The Labute approximate surface area is 174 Å². The molecule has 6 heteroatoms. The summed E-state index contributed by atoms with van der Waals surface area (Å²) < 4.78 is 1.73. The van der Waals surface area contributed by atoms with Crippen LogP contribution in [0.5, 0.6) is 0 Å². The topological polar surface area (TPSA) is 47.3 Å². The molecule has 0 atom stereocenters. The van der Waals surface area contributed by atoms with Crippen molar-refractivity contribution in [1.82, 2.24) is 14.6 Å². The van der Waals surface area contributed by atoms with Crippen molar-refractivity contribution in [2.75, 3.05) is 0 Å². The van der Waals surface area contributed by atoms with E-state index in [2.05, 4.69) is 47.4 Å². The molecule has 0 amide bonds. The van der Waals surface area contributed by atoms with Gasteiger partial charge in [0.25, 0.3) is 5.24 Å². The summed E-state index contributed by atoms with van der Waals surface area (Å²) in [5, 5.41) is 5.66. The predicted octanol–water partition coefficient (Wildman–Crippen LogP) is 6.62. The molecule has 0 saturated heterocycles. The van der Waals surface area contributed by atoms with Crippen LogP contribution in [-0.2, 0) is 0 Å². The first kappa shape index (κ1) is 21.8. The minimum Gasteiger partial charge on any atom is -0.275 e. The van der Waals surface area contributed by atoms with Gasteiger partial charge in [-0.25, -0.2) is 9.50 Å². The molecule has 3 heterocycles. The molecule has 3 aromatic rings. The fourth-order valence-corrected chi connectivity index (χ4v) is 3.35. The van der Waals surface area contributed by atoms with Crippen LogP contribution in [0, 0.1) is 6.92 Å². The van der Waals surface area contributed by atoms with Gasteiger partial charge in [0.05, 0.1) is 11.1 Å². The number of hydrogen-bond donors (Lipinski definition) is 0. The molecule has 0 bridgehead atoms. The number of allylic oxidation sites excluding steroid dienone is 6. The average molecular weight is 414 g/mol. The van der Waals surface area contributed by atoms with Crippen molar-refractivity contribution in [3.8, 4) is 11.1 Å². The van der Waals surface area contributed by atoms with Crippen LogP contribution in [0.3, 0.4) is 0 Å². The van der Waals surface area contributed by atoms with Gasteiger partial charge in [-0.3, -0.25) is 4.79 Å². The zero-order valence-electron chi connectivity index (χ0n) is 16.5. The number of carbonyl (C=O) groups excluding carboxylic acids is 1. The van der Waals surface area contributed by atoms with E-state index in [4.69, 9.17) is 11.6 Å². The quantitative estimate of drug-likeness (QED) is 0.443. The van der Waals surface area contributed by atoms with Crippen LogP contribution < -0.4 is 0 Å². The Kier molecular flexibility index (Phi) is 8.36. The van der Waals surface area contributed by atoms with E-state index in [0.717, 1.165) is 28.8 Å². The third kappa shape index (κ3) is 5.75. The largest absolute Gasteiger partial charge is 0.275 e. The lowest BCUT2D eigenvalue weighted by molar-refractivity contribution is 0.108. The highest BCUT2D eigenvalue weighted by Gasteiger charge is 2.09. The molecule has 0 spiro atoms. The fourth-order valence-electron chi connectivity index (χ4n) is 2.42. The van der Waals surface area contributed by atoms with Crippen LogP contribution in [0.1, 0.15) is 42.4 Å². The second-order valence-electron chi connectivity index (χ2n) is 5.89. The Hall–Kier alpha value is -2.50. The van der Waals surface area contributed by atoms with Gasteiger partial charge in [0, 0.05) is 23.5 Å². The number of thiophene rings is 1. The molecule has 0 unspecified atom stereocenters. The molecule has 4 nitrogen and oxygen atoms in total. The van der Waals surface area contributed by atoms with Crippen molar-refractivity contribution >= 4 is 33.8 Å². The third-order valence-electron chi connectivity index (χ3n) is 3.81. The van der Waals surface area contributed by atoms with Gasteiger partial charge < -0.3 is 0 Å². The number of rotatable bonds is 2. The lowest BCUT2D eigenvalue weighted by atomic mass is 10.2. The molecule has 3 aromatic heterocycles. The highest BCUT2D eigenvalue weighted by molar-refractivity contribution is 7.14. The molecule has 0 fully saturated rings. The maximum Gasteiger partial charge on any atom is 0.262 e. The number of fused-ring (bicyclic) bond motifs is 1. The fraction of sp³-hybridized carbons (Fsp3) is 0.227. The summed E-state index contributed by atoms with van der Waals surface area (Å²) in [5.74, 6) is 0. The molecule has 0 saturated carbocycles. The monoisotopic (exact) mass is 413 g/mol. The molecule has 0 radical (unpaired) electrons. The van der Waals surface area contributed by atoms with Crippen molar-refractivity contribution < 1.29 is 4.79 Å². The van der Waals surface area contributed by atoms with Crippen molar-refractivity contribution in [3.05, 3.63) is 76.4 Å². The predicted molar refractivity (Wildman–Crippen MR) is 119 cm³/mol. The van der Waals surface area contributed by atoms with Crippen LogP contribution in [0.4, 0.5) is 0 Å². The Morgan fingerprint density at radius 3 is 2.68 bits per heavy atom. The second-order valence-corrected chi connectivity index (χ2v) is 7.14. The van der Waals surface area contributed by atoms with Gasteiger partial charge in [-0.05, 0) is 48.9 Å². The molecular weight excluding hydrogens is 390 g/mol. The van der Waals surface area contributed by atoms with Crippen molar-refractivity contribution in [1.29, 1.82) is 0 Å². The number of aryl methyl sites for hydroxylation is 1. The summed E-state index contributed by atoms with van der Waals surface area (Å²) >= 11 is 6.76. The summed E-state index contributed by atoms with van der Waals surface area (Å²) in [6.45, 7) is 8.07. The highest BCUT2D eigenvalue weighted by Crippen LogP contribution is 2.26. The Balaban J connectivity index is 0.000000236. The number of halogens is 1. The van der Waals surface area contributed by atoms with Gasteiger partial charge in [0.15, 0.2) is 5.65 Å². The van der Waals surface area contributed by atoms with Crippen LogP contribution in [0.15, 0.2) is 66.0 Å². The van der Waals surface area contributed by atoms with E-state index in [0.29, 0.717) is 4.88 Å². The molecule has 146 valence electrons. The van der Waals surface area contributed by atoms with Crippen molar-refractivity contribution in [2.24, 2.45) is 0 Å².